The zero-order valence-electron chi connectivity index (χ0n) is 17.1. The number of benzodiazepines with no additional fused rings is 1. The molecule has 0 spiro atoms. The SMILES string of the molecule is CN1CCN=C(C=Cc2ncc(C(F)(F)F)cc2Sc2ccc(Cl)cc2)c2ccccc21. The van der Waals surface area contributed by atoms with Crippen molar-refractivity contribution in [2.45, 2.75) is 16.0 Å². The fourth-order valence-electron chi connectivity index (χ4n) is 3.30. The molecule has 0 N–H and O–H groups in total. The summed E-state index contributed by atoms with van der Waals surface area (Å²) in [7, 11) is 2.01. The smallest absolute Gasteiger partial charge is 0.372 e. The van der Waals surface area contributed by atoms with Crippen LogP contribution in [0.3, 0.4) is 0 Å². The Kier molecular flexibility index (Phi) is 6.58. The van der Waals surface area contributed by atoms with E-state index < -0.39 is 11.7 Å². The molecule has 1 aromatic heterocycles. The van der Waals surface area contributed by atoms with Gasteiger partial charge in [0.05, 0.1) is 23.5 Å². The number of pyridine rings is 1. The largest absolute Gasteiger partial charge is 0.417 e. The second-order valence-corrected chi connectivity index (χ2v) is 8.75. The highest BCUT2D eigenvalue weighted by atomic mass is 35.5. The maximum absolute atomic E-state index is 13.3. The molecule has 2 heterocycles. The van der Waals surface area contributed by atoms with Crippen molar-refractivity contribution in [2.24, 2.45) is 4.99 Å². The van der Waals surface area contributed by atoms with Gasteiger partial charge in [-0.15, -0.1) is 0 Å². The van der Waals surface area contributed by atoms with Crippen molar-refractivity contribution in [1.29, 1.82) is 0 Å². The molecule has 0 unspecified atom stereocenters. The zero-order chi connectivity index (χ0) is 22.7. The highest BCUT2D eigenvalue weighted by molar-refractivity contribution is 7.99. The number of fused-ring (bicyclic) bond motifs is 1. The zero-order valence-corrected chi connectivity index (χ0v) is 18.7. The lowest BCUT2D eigenvalue weighted by molar-refractivity contribution is -0.138. The second kappa shape index (κ2) is 9.38. The molecule has 0 aliphatic carbocycles. The summed E-state index contributed by atoms with van der Waals surface area (Å²) in [5, 5.41) is 0.562. The van der Waals surface area contributed by atoms with E-state index >= 15 is 0 Å². The van der Waals surface area contributed by atoms with Crippen molar-refractivity contribution in [2.75, 3.05) is 25.0 Å². The number of allylic oxidation sites excluding steroid dienone is 1. The van der Waals surface area contributed by atoms with Gasteiger partial charge < -0.3 is 4.90 Å². The molecule has 0 atom stereocenters. The predicted molar refractivity (Wildman–Crippen MR) is 125 cm³/mol. The number of benzene rings is 2. The summed E-state index contributed by atoms with van der Waals surface area (Å²) in [6.07, 6.45) is -0.0689. The quantitative estimate of drug-likeness (QED) is 0.414. The molecule has 0 amide bonds. The van der Waals surface area contributed by atoms with E-state index in [2.05, 4.69) is 14.9 Å². The molecule has 1 aliphatic heterocycles. The monoisotopic (exact) mass is 473 g/mol. The van der Waals surface area contributed by atoms with Crippen molar-refractivity contribution in [3.05, 3.63) is 88.7 Å². The Labute approximate surface area is 193 Å². The molecule has 164 valence electrons. The molecular weight excluding hydrogens is 455 g/mol. The summed E-state index contributed by atoms with van der Waals surface area (Å²) in [5.74, 6) is 0. The summed E-state index contributed by atoms with van der Waals surface area (Å²) >= 11 is 7.14. The van der Waals surface area contributed by atoms with E-state index in [0.717, 1.165) is 40.7 Å². The minimum absolute atomic E-state index is 0.401. The number of hydrogen-bond acceptors (Lipinski definition) is 4. The Hall–Kier alpha value is -2.77. The third kappa shape index (κ3) is 5.16. The van der Waals surface area contributed by atoms with Crippen LogP contribution in [0, 0.1) is 0 Å². The standard InChI is InChI=1S/C24H19ClF3N3S/c1-31-13-12-29-20(19-4-2-3-5-22(19)31)10-11-21-23(14-16(15-30-21)24(26,27)28)32-18-8-6-17(25)7-9-18/h2-11,14-15H,12-13H2,1H3. The van der Waals surface area contributed by atoms with Crippen molar-refractivity contribution in [1.82, 2.24) is 4.98 Å². The van der Waals surface area contributed by atoms with E-state index in [0.29, 0.717) is 22.2 Å². The fourth-order valence-corrected chi connectivity index (χ4v) is 4.36. The summed E-state index contributed by atoms with van der Waals surface area (Å²) in [6, 6.07) is 16.0. The number of rotatable bonds is 4. The van der Waals surface area contributed by atoms with Crippen LogP contribution in [-0.4, -0.2) is 30.8 Å². The van der Waals surface area contributed by atoms with Crippen LogP contribution in [0.25, 0.3) is 6.08 Å². The average Bonchev–Trinajstić information content (AvgIpc) is 2.93. The maximum atomic E-state index is 13.3. The number of hydrogen-bond donors (Lipinski definition) is 0. The number of anilines is 1. The number of para-hydroxylation sites is 1. The first-order valence-corrected chi connectivity index (χ1v) is 11.0. The van der Waals surface area contributed by atoms with Crippen molar-refractivity contribution >= 4 is 40.8 Å². The molecule has 0 radical (unpaired) electrons. The molecule has 0 saturated carbocycles. The van der Waals surface area contributed by atoms with Gasteiger partial charge in [-0.05, 0) is 48.6 Å². The number of likely N-dealkylation sites (N-methyl/N-ethyl adjacent to an activating group) is 1. The molecule has 2 aromatic carbocycles. The minimum Gasteiger partial charge on any atom is -0.372 e. The van der Waals surface area contributed by atoms with Crippen LogP contribution >= 0.6 is 23.4 Å². The number of alkyl halides is 3. The summed E-state index contributed by atoms with van der Waals surface area (Å²) in [6.45, 7) is 1.40. The summed E-state index contributed by atoms with van der Waals surface area (Å²) in [4.78, 5) is 12.1. The first-order chi connectivity index (χ1) is 15.3. The van der Waals surface area contributed by atoms with Crippen LogP contribution < -0.4 is 4.90 Å². The Bertz CT molecular complexity index is 1170. The number of aliphatic imine (C=N–C) groups is 1. The van der Waals surface area contributed by atoms with Gasteiger partial charge in [0, 0.05) is 45.9 Å². The van der Waals surface area contributed by atoms with Gasteiger partial charge in [-0.2, -0.15) is 13.2 Å². The van der Waals surface area contributed by atoms with Gasteiger partial charge in [-0.1, -0.05) is 41.6 Å². The third-order valence-corrected chi connectivity index (χ3v) is 6.27. The van der Waals surface area contributed by atoms with Gasteiger partial charge in [0.25, 0.3) is 0 Å². The van der Waals surface area contributed by atoms with E-state index in [1.54, 1.807) is 30.3 Å². The van der Waals surface area contributed by atoms with E-state index in [4.69, 9.17) is 11.6 Å². The number of halogens is 4. The molecule has 0 bridgehead atoms. The van der Waals surface area contributed by atoms with E-state index in [9.17, 15) is 13.2 Å². The molecule has 32 heavy (non-hydrogen) atoms. The highest BCUT2D eigenvalue weighted by Gasteiger charge is 2.31. The lowest BCUT2D eigenvalue weighted by atomic mass is 10.1. The maximum Gasteiger partial charge on any atom is 0.417 e. The predicted octanol–water partition coefficient (Wildman–Crippen LogP) is 6.86. The molecule has 0 fully saturated rings. The van der Waals surface area contributed by atoms with E-state index in [-0.39, 0.29) is 0 Å². The molecule has 0 saturated heterocycles. The first kappa shape index (κ1) is 22.4. The van der Waals surface area contributed by atoms with E-state index in [1.807, 2.05) is 37.4 Å². The van der Waals surface area contributed by atoms with Gasteiger partial charge in [0.1, 0.15) is 0 Å². The van der Waals surface area contributed by atoms with Crippen LogP contribution in [0.1, 0.15) is 16.8 Å². The minimum atomic E-state index is -4.47. The van der Waals surface area contributed by atoms with Crippen LogP contribution in [0.15, 0.2) is 81.7 Å². The summed E-state index contributed by atoms with van der Waals surface area (Å²) < 4.78 is 39.9. The van der Waals surface area contributed by atoms with Crippen LogP contribution in [0.4, 0.5) is 18.9 Å². The number of aromatic nitrogens is 1. The molecule has 1 aliphatic rings. The fraction of sp³-hybridized carbons (Fsp3) is 0.167. The first-order valence-electron chi connectivity index (χ1n) is 9.85. The Morgan fingerprint density at radius 3 is 2.56 bits per heavy atom. The Morgan fingerprint density at radius 1 is 1.06 bits per heavy atom. The van der Waals surface area contributed by atoms with Gasteiger partial charge in [-0.25, -0.2) is 0 Å². The molecule has 3 nitrogen and oxygen atoms in total. The Morgan fingerprint density at radius 2 is 1.81 bits per heavy atom. The van der Waals surface area contributed by atoms with Crippen molar-refractivity contribution in [3.63, 3.8) is 0 Å². The normalized spacial score (nSPS) is 14.3. The number of nitrogens with zero attached hydrogens (tertiary/aromatic N) is 3. The lowest BCUT2D eigenvalue weighted by Gasteiger charge is -2.18. The van der Waals surface area contributed by atoms with Crippen LogP contribution in [-0.2, 0) is 6.18 Å². The second-order valence-electron chi connectivity index (χ2n) is 7.20. The summed E-state index contributed by atoms with van der Waals surface area (Å²) in [5.41, 5.74) is 2.46. The third-order valence-electron chi connectivity index (χ3n) is 4.96. The Balaban J connectivity index is 1.71. The van der Waals surface area contributed by atoms with Crippen molar-refractivity contribution in [3.8, 4) is 0 Å². The van der Waals surface area contributed by atoms with Gasteiger partial charge >= 0.3 is 6.18 Å². The molecule has 4 rings (SSSR count). The molecule has 3 aromatic rings. The highest BCUT2D eigenvalue weighted by Crippen LogP contribution is 2.36. The van der Waals surface area contributed by atoms with Crippen LogP contribution in [0.2, 0.25) is 5.02 Å². The van der Waals surface area contributed by atoms with Crippen molar-refractivity contribution < 1.29 is 13.2 Å². The lowest BCUT2D eigenvalue weighted by Crippen LogP contribution is -2.20. The van der Waals surface area contributed by atoms with Gasteiger partial charge in [0.2, 0.25) is 0 Å². The van der Waals surface area contributed by atoms with Gasteiger partial charge in [-0.3, -0.25) is 9.98 Å². The topological polar surface area (TPSA) is 28.5 Å². The van der Waals surface area contributed by atoms with Gasteiger partial charge in [0.15, 0.2) is 0 Å². The molecule has 8 heteroatoms. The molecular formula is C24H19ClF3N3S. The average molecular weight is 474 g/mol. The van der Waals surface area contributed by atoms with Crippen LogP contribution in [0.5, 0.6) is 0 Å². The van der Waals surface area contributed by atoms with E-state index in [1.165, 1.54) is 11.8 Å².